The number of aromatic nitrogens is 3. The Morgan fingerprint density at radius 1 is 1.15 bits per heavy atom. The molecule has 1 aliphatic carbocycles. The molecule has 2 aromatic carbocycles. The molecule has 27 heavy (non-hydrogen) atoms. The number of nitrogens with zero attached hydrogens (tertiary/aromatic N) is 2. The van der Waals surface area contributed by atoms with Crippen molar-refractivity contribution in [1.29, 1.82) is 0 Å². The van der Waals surface area contributed by atoms with Gasteiger partial charge in [-0.15, -0.1) is 0 Å². The van der Waals surface area contributed by atoms with E-state index in [1.165, 1.54) is 19.2 Å². The average molecular weight is 358 g/mol. The molecule has 1 amide bonds. The molecule has 2 N–H and O–H groups in total. The quantitative estimate of drug-likeness (QED) is 0.564. The highest BCUT2D eigenvalue weighted by Gasteiger charge is 2.22. The normalized spacial score (nSPS) is 13.8. The summed E-state index contributed by atoms with van der Waals surface area (Å²) in [6.45, 7) is 0.761. The van der Waals surface area contributed by atoms with Crippen LogP contribution >= 0.6 is 0 Å². The molecule has 1 saturated carbocycles. The number of carbonyl (C=O) groups is 1. The summed E-state index contributed by atoms with van der Waals surface area (Å²) in [7, 11) is 0. The lowest BCUT2D eigenvalue weighted by Gasteiger charge is -2.10. The fourth-order valence-electron chi connectivity index (χ4n) is 3.22. The van der Waals surface area contributed by atoms with Gasteiger partial charge in [0.25, 0.3) is 5.91 Å². The second-order valence-electron chi connectivity index (χ2n) is 6.86. The molecule has 2 heterocycles. The molecule has 0 spiro atoms. The molecule has 0 unspecified atom stereocenters. The first-order valence-corrected chi connectivity index (χ1v) is 9.05. The fraction of sp³-hybridized carbons (Fsp3) is 0.190. The van der Waals surface area contributed by atoms with Crippen LogP contribution in [0.4, 0.5) is 0 Å². The van der Waals surface area contributed by atoms with Crippen LogP contribution in [0.1, 0.15) is 23.2 Å². The minimum atomic E-state index is -0.0222. The van der Waals surface area contributed by atoms with E-state index in [4.69, 9.17) is 4.74 Å². The van der Waals surface area contributed by atoms with Crippen molar-refractivity contribution < 1.29 is 9.53 Å². The second kappa shape index (κ2) is 6.39. The van der Waals surface area contributed by atoms with E-state index in [2.05, 4.69) is 20.3 Å². The maximum absolute atomic E-state index is 12.5. The first kappa shape index (κ1) is 15.8. The van der Waals surface area contributed by atoms with Gasteiger partial charge in [-0.3, -0.25) is 4.79 Å². The Balaban J connectivity index is 1.45. The Bertz CT molecular complexity index is 1150. The maximum atomic E-state index is 12.5. The third-order valence-corrected chi connectivity index (χ3v) is 4.88. The lowest BCUT2D eigenvalue weighted by atomic mass is 10.0. The van der Waals surface area contributed by atoms with Gasteiger partial charge in [0.2, 0.25) is 5.88 Å². The third-order valence-electron chi connectivity index (χ3n) is 4.88. The zero-order chi connectivity index (χ0) is 18.2. The van der Waals surface area contributed by atoms with Gasteiger partial charge < -0.3 is 15.0 Å². The molecule has 6 nitrogen and oxygen atoms in total. The van der Waals surface area contributed by atoms with Crippen LogP contribution in [0.5, 0.6) is 11.6 Å². The first-order valence-electron chi connectivity index (χ1n) is 9.05. The number of H-pyrrole nitrogens is 1. The number of benzene rings is 2. The van der Waals surface area contributed by atoms with Gasteiger partial charge in [-0.1, -0.05) is 12.1 Å². The largest absolute Gasteiger partial charge is 0.438 e. The number of hydrogen-bond acceptors (Lipinski definition) is 4. The average Bonchev–Trinajstić information content (AvgIpc) is 3.40. The summed E-state index contributed by atoms with van der Waals surface area (Å²) in [5.74, 6) is 1.80. The maximum Gasteiger partial charge on any atom is 0.251 e. The lowest BCUT2D eigenvalue weighted by molar-refractivity contribution is 0.0953. The van der Waals surface area contributed by atoms with Gasteiger partial charge in [0.15, 0.2) is 0 Å². The Labute approximate surface area is 155 Å². The first-order chi connectivity index (χ1) is 13.3. The van der Waals surface area contributed by atoms with E-state index in [9.17, 15) is 4.79 Å². The molecule has 1 aliphatic rings. The van der Waals surface area contributed by atoms with Crippen LogP contribution in [-0.4, -0.2) is 27.4 Å². The van der Waals surface area contributed by atoms with Crippen molar-refractivity contribution in [1.82, 2.24) is 20.3 Å². The van der Waals surface area contributed by atoms with Gasteiger partial charge in [-0.05, 0) is 59.9 Å². The molecule has 0 radical (unpaired) electrons. The van der Waals surface area contributed by atoms with E-state index in [-0.39, 0.29) is 5.91 Å². The van der Waals surface area contributed by atoms with Gasteiger partial charge in [-0.25, -0.2) is 9.97 Å². The van der Waals surface area contributed by atoms with Gasteiger partial charge >= 0.3 is 0 Å². The lowest BCUT2D eigenvalue weighted by Crippen LogP contribution is -2.25. The van der Waals surface area contributed by atoms with Crippen LogP contribution in [0, 0.1) is 5.92 Å². The van der Waals surface area contributed by atoms with Crippen LogP contribution in [0.3, 0.4) is 0 Å². The van der Waals surface area contributed by atoms with Gasteiger partial charge in [0, 0.05) is 18.3 Å². The number of ether oxygens (including phenoxy) is 1. The number of aromatic amines is 1. The van der Waals surface area contributed by atoms with E-state index in [1.807, 2.05) is 42.5 Å². The van der Waals surface area contributed by atoms with E-state index in [0.29, 0.717) is 23.1 Å². The molecule has 0 aliphatic heterocycles. The number of amides is 1. The van der Waals surface area contributed by atoms with Crippen LogP contribution < -0.4 is 10.1 Å². The van der Waals surface area contributed by atoms with E-state index < -0.39 is 0 Å². The molecule has 4 aromatic rings. The molecule has 2 aromatic heterocycles. The molecule has 6 heteroatoms. The van der Waals surface area contributed by atoms with Gasteiger partial charge in [0.05, 0.1) is 5.39 Å². The third kappa shape index (κ3) is 3.10. The van der Waals surface area contributed by atoms with Gasteiger partial charge in [-0.2, -0.15) is 0 Å². The van der Waals surface area contributed by atoms with Crippen molar-refractivity contribution in [2.45, 2.75) is 12.8 Å². The molecule has 1 fully saturated rings. The monoisotopic (exact) mass is 358 g/mol. The van der Waals surface area contributed by atoms with E-state index in [1.54, 1.807) is 6.20 Å². The summed E-state index contributed by atoms with van der Waals surface area (Å²) in [5.41, 5.74) is 1.42. The summed E-state index contributed by atoms with van der Waals surface area (Å²) >= 11 is 0. The number of carbonyl (C=O) groups excluding carboxylic acids is 1. The van der Waals surface area contributed by atoms with Gasteiger partial charge in [0.1, 0.15) is 17.7 Å². The summed E-state index contributed by atoms with van der Waals surface area (Å²) in [5, 5.41) is 5.72. The van der Waals surface area contributed by atoms with Crippen molar-refractivity contribution in [2.75, 3.05) is 6.54 Å². The minimum absolute atomic E-state index is 0.0222. The van der Waals surface area contributed by atoms with Crippen molar-refractivity contribution >= 4 is 27.7 Å². The predicted molar refractivity (Wildman–Crippen MR) is 103 cm³/mol. The van der Waals surface area contributed by atoms with Crippen molar-refractivity contribution in [2.24, 2.45) is 5.92 Å². The standard InChI is InChI=1S/C21H18N4O2/c26-20(23-11-13-4-5-13)17-3-1-2-14-10-15(6-7-16(14)17)27-21-18-8-9-22-19(18)24-12-25-21/h1-3,6-10,12-13H,4-5,11H2,(H,23,26)(H,22,24,25). The Morgan fingerprint density at radius 3 is 2.96 bits per heavy atom. The molecular weight excluding hydrogens is 340 g/mol. The minimum Gasteiger partial charge on any atom is -0.438 e. The highest BCUT2D eigenvalue weighted by molar-refractivity contribution is 6.07. The SMILES string of the molecule is O=C(NCC1CC1)c1cccc2cc(Oc3ncnc4[nH]ccc34)ccc12. The Hall–Kier alpha value is -3.41. The highest BCUT2D eigenvalue weighted by atomic mass is 16.5. The van der Waals surface area contributed by atoms with Crippen LogP contribution in [0.25, 0.3) is 21.8 Å². The van der Waals surface area contributed by atoms with Crippen molar-refractivity contribution in [3.8, 4) is 11.6 Å². The number of hydrogen-bond donors (Lipinski definition) is 2. The topological polar surface area (TPSA) is 79.9 Å². The number of fused-ring (bicyclic) bond motifs is 2. The summed E-state index contributed by atoms with van der Waals surface area (Å²) in [6.07, 6.45) is 5.71. The smallest absolute Gasteiger partial charge is 0.251 e. The molecule has 0 bridgehead atoms. The molecule has 0 atom stereocenters. The zero-order valence-electron chi connectivity index (χ0n) is 14.6. The van der Waals surface area contributed by atoms with E-state index >= 15 is 0 Å². The summed E-state index contributed by atoms with van der Waals surface area (Å²) in [4.78, 5) is 24.0. The number of rotatable bonds is 5. The predicted octanol–water partition coefficient (Wildman–Crippen LogP) is 4.04. The van der Waals surface area contributed by atoms with Crippen LogP contribution in [0.15, 0.2) is 55.0 Å². The summed E-state index contributed by atoms with van der Waals surface area (Å²) < 4.78 is 5.97. The number of nitrogens with one attached hydrogen (secondary N) is 2. The molecule has 134 valence electrons. The summed E-state index contributed by atoms with van der Waals surface area (Å²) in [6, 6.07) is 13.3. The molecule has 0 saturated heterocycles. The van der Waals surface area contributed by atoms with Crippen molar-refractivity contribution in [3.05, 3.63) is 60.6 Å². The highest BCUT2D eigenvalue weighted by Crippen LogP contribution is 2.30. The molecule has 5 rings (SSSR count). The second-order valence-corrected chi connectivity index (χ2v) is 6.86. The Morgan fingerprint density at radius 2 is 2.07 bits per heavy atom. The molecular formula is C21H18N4O2. The van der Waals surface area contributed by atoms with E-state index in [0.717, 1.165) is 28.4 Å². The van der Waals surface area contributed by atoms with Crippen LogP contribution in [-0.2, 0) is 0 Å². The zero-order valence-corrected chi connectivity index (χ0v) is 14.6. The van der Waals surface area contributed by atoms with Crippen LogP contribution in [0.2, 0.25) is 0 Å². The Kier molecular flexibility index (Phi) is 3.74. The van der Waals surface area contributed by atoms with Crippen molar-refractivity contribution in [3.63, 3.8) is 0 Å². The fourth-order valence-corrected chi connectivity index (χ4v) is 3.22.